The van der Waals surface area contributed by atoms with Gasteiger partial charge < -0.3 is 10.3 Å². The molecule has 2 heteroatoms. The Hall–Kier alpha value is -2.48. The van der Waals surface area contributed by atoms with E-state index in [0.29, 0.717) is 0 Å². The van der Waals surface area contributed by atoms with Crippen LogP contribution in [-0.4, -0.2) is 11.5 Å². The fourth-order valence-electron chi connectivity index (χ4n) is 2.91. The average molecular weight is 260 g/mol. The maximum atomic E-state index is 3.51. The van der Waals surface area contributed by atoms with E-state index in [1.54, 1.807) is 0 Å². The van der Waals surface area contributed by atoms with Crippen LogP contribution in [-0.2, 0) is 6.42 Å². The predicted molar refractivity (Wildman–Crippen MR) is 85.1 cm³/mol. The number of hydrogen-bond donors (Lipinski definition) is 2. The van der Waals surface area contributed by atoms with Gasteiger partial charge in [-0.15, -0.1) is 0 Å². The molecule has 1 aliphatic rings. The molecule has 0 fully saturated rings. The van der Waals surface area contributed by atoms with Crippen LogP contribution in [0.2, 0.25) is 0 Å². The minimum absolute atomic E-state index is 0.838. The lowest BCUT2D eigenvalue weighted by atomic mass is 10.1. The summed E-state index contributed by atoms with van der Waals surface area (Å²) in [5, 5.41) is 7.33. The van der Waals surface area contributed by atoms with Crippen LogP contribution in [0.15, 0.2) is 48.5 Å². The normalized spacial score (nSPS) is 15.5. The summed E-state index contributed by atoms with van der Waals surface area (Å²) in [7, 11) is 0. The lowest BCUT2D eigenvalue weighted by Crippen LogP contribution is -2.23. The maximum Gasteiger partial charge on any atom is 0.0464 e. The minimum atomic E-state index is 0.838. The van der Waals surface area contributed by atoms with Gasteiger partial charge in [-0.2, -0.15) is 0 Å². The molecular weight excluding hydrogens is 244 g/mol. The molecule has 0 radical (unpaired) electrons. The van der Waals surface area contributed by atoms with Crippen molar-refractivity contribution in [1.29, 1.82) is 0 Å². The van der Waals surface area contributed by atoms with Gasteiger partial charge in [-0.05, 0) is 30.2 Å². The summed E-state index contributed by atoms with van der Waals surface area (Å²) in [4.78, 5) is 3.51. The Morgan fingerprint density at radius 2 is 1.70 bits per heavy atom. The molecule has 0 saturated heterocycles. The van der Waals surface area contributed by atoms with E-state index < -0.39 is 0 Å². The van der Waals surface area contributed by atoms with Gasteiger partial charge in [0.2, 0.25) is 0 Å². The lowest BCUT2D eigenvalue weighted by Gasteiger charge is -2.07. The molecule has 2 nitrogen and oxygen atoms in total. The molecule has 1 aromatic heterocycles. The zero-order chi connectivity index (χ0) is 13.4. The second-order valence-electron chi connectivity index (χ2n) is 5.15. The van der Waals surface area contributed by atoms with Crippen LogP contribution in [0.25, 0.3) is 23.1 Å². The average Bonchev–Trinajstić information content (AvgIpc) is 2.86. The van der Waals surface area contributed by atoms with Crippen LogP contribution in [0.5, 0.6) is 0 Å². The number of fused-ring (bicyclic) bond motifs is 4. The first kappa shape index (κ1) is 11.4. The molecule has 0 spiro atoms. The van der Waals surface area contributed by atoms with Crippen LogP contribution in [0.1, 0.15) is 5.56 Å². The Balaban J connectivity index is 1.98. The summed E-state index contributed by atoms with van der Waals surface area (Å²) in [5.74, 6) is 0. The Morgan fingerprint density at radius 3 is 2.70 bits per heavy atom. The van der Waals surface area contributed by atoms with Crippen molar-refractivity contribution in [2.75, 3.05) is 11.9 Å². The lowest BCUT2D eigenvalue weighted by molar-refractivity contribution is 1.29. The third kappa shape index (κ3) is 1.81. The first-order valence-electron chi connectivity index (χ1n) is 7.01. The second kappa shape index (κ2) is 4.57. The molecule has 0 aliphatic carbocycles. The molecule has 0 bridgehead atoms. The van der Waals surface area contributed by atoms with E-state index in [2.05, 4.69) is 71.0 Å². The fraction of sp³-hybridized carbons (Fsp3) is 0.111. The quantitative estimate of drug-likeness (QED) is 0.638. The predicted octanol–water partition coefficient (Wildman–Crippen LogP) is 2.40. The van der Waals surface area contributed by atoms with Gasteiger partial charge in [0, 0.05) is 33.7 Å². The van der Waals surface area contributed by atoms with Crippen molar-refractivity contribution in [1.82, 2.24) is 4.98 Å². The van der Waals surface area contributed by atoms with Crippen molar-refractivity contribution in [3.63, 3.8) is 0 Å². The molecule has 2 aromatic carbocycles. The summed E-state index contributed by atoms with van der Waals surface area (Å²) < 4.78 is 0. The SMILES string of the molecule is C1=c2/c([nH]c3ccccc23)=C\CNc2ccccc2C1. The van der Waals surface area contributed by atoms with Crippen LogP contribution >= 0.6 is 0 Å². The molecule has 3 aromatic rings. The molecule has 0 atom stereocenters. The van der Waals surface area contributed by atoms with Crippen molar-refractivity contribution in [2.24, 2.45) is 0 Å². The van der Waals surface area contributed by atoms with Crippen LogP contribution in [0, 0.1) is 0 Å². The van der Waals surface area contributed by atoms with Crippen LogP contribution in [0.4, 0.5) is 5.69 Å². The highest BCUT2D eigenvalue weighted by Crippen LogP contribution is 2.16. The number of benzene rings is 2. The number of rotatable bonds is 0. The zero-order valence-electron chi connectivity index (χ0n) is 11.2. The van der Waals surface area contributed by atoms with Gasteiger partial charge in [-0.25, -0.2) is 0 Å². The van der Waals surface area contributed by atoms with Gasteiger partial charge >= 0.3 is 0 Å². The summed E-state index contributed by atoms with van der Waals surface area (Å²) in [5.41, 5.74) is 3.78. The summed E-state index contributed by atoms with van der Waals surface area (Å²) in [6, 6.07) is 17.0. The highest BCUT2D eigenvalue weighted by Gasteiger charge is 2.04. The number of aromatic nitrogens is 1. The molecule has 0 unspecified atom stereocenters. The van der Waals surface area contributed by atoms with E-state index in [1.807, 2.05) is 0 Å². The highest BCUT2D eigenvalue weighted by atomic mass is 14.9. The first-order valence-corrected chi connectivity index (χ1v) is 7.01. The summed E-state index contributed by atoms with van der Waals surface area (Å²) in [6.45, 7) is 0.838. The van der Waals surface area contributed by atoms with E-state index in [0.717, 1.165) is 13.0 Å². The topological polar surface area (TPSA) is 27.8 Å². The Labute approximate surface area is 117 Å². The van der Waals surface area contributed by atoms with Gasteiger partial charge in [0.1, 0.15) is 0 Å². The Morgan fingerprint density at radius 1 is 0.850 bits per heavy atom. The first-order chi connectivity index (χ1) is 9.92. The number of nitrogens with one attached hydrogen (secondary N) is 2. The van der Waals surface area contributed by atoms with Gasteiger partial charge in [0.05, 0.1) is 0 Å². The van der Waals surface area contributed by atoms with E-state index in [4.69, 9.17) is 0 Å². The molecule has 2 heterocycles. The van der Waals surface area contributed by atoms with E-state index >= 15 is 0 Å². The van der Waals surface area contributed by atoms with Crippen molar-refractivity contribution in [3.8, 4) is 0 Å². The van der Waals surface area contributed by atoms with Gasteiger partial charge in [0.15, 0.2) is 0 Å². The van der Waals surface area contributed by atoms with E-state index in [9.17, 15) is 0 Å². The zero-order valence-corrected chi connectivity index (χ0v) is 11.2. The van der Waals surface area contributed by atoms with Crippen molar-refractivity contribution < 1.29 is 0 Å². The van der Waals surface area contributed by atoms with Crippen molar-refractivity contribution >= 4 is 28.7 Å². The third-order valence-corrected chi connectivity index (χ3v) is 3.92. The van der Waals surface area contributed by atoms with E-state index in [-0.39, 0.29) is 0 Å². The smallest absolute Gasteiger partial charge is 0.0464 e. The van der Waals surface area contributed by atoms with Gasteiger partial charge in [-0.3, -0.25) is 0 Å². The molecule has 4 rings (SSSR count). The third-order valence-electron chi connectivity index (χ3n) is 3.92. The monoisotopic (exact) mass is 260 g/mol. The summed E-state index contributed by atoms with van der Waals surface area (Å²) in [6.07, 6.45) is 5.51. The maximum absolute atomic E-state index is 3.51. The highest BCUT2D eigenvalue weighted by molar-refractivity contribution is 5.81. The fourth-order valence-corrected chi connectivity index (χ4v) is 2.91. The Bertz CT molecular complexity index is 887. The largest absolute Gasteiger partial charge is 0.381 e. The number of anilines is 1. The Kier molecular flexibility index (Phi) is 2.59. The van der Waals surface area contributed by atoms with Gasteiger partial charge in [0.25, 0.3) is 0 Å². The van der Waals surface area contributed by atoms with Crippen molar-refractivity contribution in [3.05, 3.63) is 64.7 Å². The number of H-pyrrole nitrogens is 1. The molecule has 2 N–H and O–H groups in total. The van der Waals surface area contributed by atoms with Crippen molar-refractivity contribution in [2.45, 2.75) is 6.42 Å². The summed E-state index contributed by atoms with van der Waals surface area (Å²) >= 11 is 0. The second-order valence-corrected chi connectivity index (χ2v) is 5.15. The number of aromatic amines is 1. The molecule has 0 saturated carbocycles. The number of para-hydroxylation sites is 2. The minimum Gasteiger partial charge on any atom is -0.381 e. The molecule has 1 aliphatic heterocycles. The molecule has 98 valence electrons. The van der Waals surface area contributed by atoms with E-state index in [1.165, 1.54) is 32.7 Å². The molecular formula is C18H16N2. The standard InChI is InChI=1S/C18H16N2/c1-3-7-16-13(5-1)9-10-15-14-6-2-4-8-17(14)20-18(15)11-12-19-16/h1-8,10-11,19-20H,9,12H2/b15-10?,18-11+. The van der Waals surface area contributed by atoms with Crippen LogP contribution < -0.4 is 15.9 Å². The van der Waals surface area contributed by atoms with Gasteiger partial charge in [-0.1, -0.05) is 42.5 Å². The molecule has 20 heavy (non-hydrogen) atoms. The van der Waals surface area contributed by atoms with Crippen LogP contribution in [0.3, 0.4) is 0 Å². The molecule has 0 amide bonds. The number of hydrogen-bond acceptors (Lipinski definition) is 1.